The van der Waals surface area contributed by atoms with Gasteiger partial charge in [-0.05, 0) is 43.9 Å². The Kier molecular flexibility index (Phi) is 8.03. The van der Waals surface area contributed by atoms with Gasteiger partial charge < -0.3 is 15.5 Å². The fourth-order valence-electron chi connectivity index (χ4n) is 4.13. The summed E-state index contributed by atoms with van der Waals surface area (Å²) >= 11 is 0. The highest BCUT2D eigenvalue weighted by Crippen LogP contribution is 2.28. The second-order valence-corrected chi connectivity index (χ2v) is 7.69. The van der Waals surface area contributed by atoms with Crippen LogP contribution in [0.25, 0.3) is 0 Å². The Labute approximate surface area is 146 Å². The maximum atomic E-state index is 12.0. The minimum atomic E-state index is 0.0715. The topological polar surface area (TPSA) is 61.4 Å². The number of hydrogen-bond donors (Lipinski definition) is 2. The molecule has 1 unspecified atom stereocenters. The molecule has 138 valence electrons. The molecule has 5 nitrogen and oxygen atoms in total. The lowest BCUT2D eigenvalue weighted by molar-refractivity contribution is -0.130. The molecule has 5 heteroatoms. The van der Waals surface area contributed by atoms with E-state index in [2.05, 4.69) is 24.5 Å². The summed E-state index contributed by atoms with van der Waals surface area (Å²) in [5.41, 5.74) is 0. The van der Waals surface area contributed by atoms with Crippen molar-refractivity contribution in [3.63, 3.8) is 0 Å². The fourth-order valence-corrected chi connectivity index (χ4v) is 4.13. The van der Waals surface area contributed by atoms with Gasteiger partial charge in [-0.1, -0.05) is 26.7 Å². The first-order valence-electron chi connectivity index (χ1n) is 9.86. The highest BCUT2D eigenvalue weighted by atomic mass is 16.2. The van der Waals surface area contributed by atoms with E-state index in [4.69, 9.17) is 0 Å². The van der Waals surface area contributed by atoms with Gasteiger partial charge in [-0.2, -0.15) is 0 Å². The van der Waals surface area contributed by atoms with Crippen LogP contribution >= 0.6 is 0 Å². The number of rotatable bonds is 7. The number of carbonyl (C=O) groups is 2. The van der Waals surface area contributed by atoms with Crippen molar-refractivity contribution in [2.75, 3.05) is 26.2 Å². The van der Waals surface area contributed by atoms with Crippen LogP contribution in [0.1, 0.15) is 65.2 Å². The number of hydrogen-bond acceptors (Lipinski definition) is 3. The molecule has 0 aromatic heterocycles. The summed E-state index contributed by atoms with van der Waals surface area (Å²) in [6.07, 6.45) is 8.64. The number of amides is 2. The lowest BCUT2D eigenvalue weighted by Crippen LogP contribution is -2.47. The molecule has 1 heterocycles. The van der Waals surface area contributed by atoms with Gasteiger partial charge in [-0.3, -0.25) is 9.59 Å². The van der Waals surface area contributed by atoms with Crippen molar-refractivity contribution in [1.29, 1.82) is 0 Å². The average molecular weight is 338 g/mol. The molecule has 0 radical (unpaired) electrons. The SMILES string of the molecule is C[C@@H]1CCC[C@H](C)C1NCC(=O)NCCCN1CCCCCC1=O. The molecule has 1 saturated heterocycles. The lowest BCUT2D eigenvalue weighted by Gasteiger charge is -2.35. The Hall–Kier alpha value is -1.10. The first-order chi connectivity index (χ1) is 11.6. The number of likely N-dealkylation sites (tertiary alicyclic amines) is 1. The van der Waals surface area contributed by atoms with Crippen LogP contribution in [0.4, 0.5) is 0 Å². The van der Waals surface area contributed by atoms with Gasteiger partial charge >= 0.3 is 0 Å². The Balaban J connectivity index is 1.58. The molecule has 0 aromatic rings. The molecule has 0 bridgehead atoms. The molecule has 1 saturated carbocycles. The van der Waals surface area contributed by atoms with Gasteiger partial charge in [0.15, 0.2) is 0 Å². The third-order valence-electron chi connectivity index (χ3n) is 5.64. The molecular weight excluding hydrogens is 302 g/mol. The van der Waals surface area contributed by atoms with E-state index in [-0.39, 0.29) is 11.8 Å². The summed E-state index contributed by atoms with van der Waals surface area (Å²) in [4.78, 5) is 25.9. The van der Waals surface area contributed by atoms with Gasteiger partial charge in [0, 0.05) is 32.1 Å². The number of nitrogens with one attached hydrogen (secondary N) is 2. The van der Waals surface area contributed by atoms with Gasteiger partial charge in [0.1, 0.15) is 0 Å². The van der Waals surface area contributed by atoms with Crippen molar-refractivity contribution < 1.29 is 9.59 Å². The second kappa shape index (κ2) is 10.0. The first kappa shape index (κ1) is 19.2. The zero-order valence-corrected chi connectivity index (χ0v) is 15.5. The summed E-state index contributed by atoms with van der Waals surface area (Å²) in [5.74, 6) is 1.65. The molecule has 1 aliphatic heterocycles. The largest absolute Gasteiger partial charge is 0.355 e. The highest BCUT2D eigenvalue weighted by molar-refractivity contribution is 5.78. The predicted octanol–water partition coefficient (Wildman–Crippen LogP) is 2.31. The lowest BCUT2D eigenvalue weighted by atomic mass is 9.79. The first-order valence-corrected chi connectivity index (χ1v) is 9.86. The van der Waals surface area contributed by atoms with Crippen molar-refractivity contribution in [2.45, 2.75) is 71.3 Å². The van der Waals surface area contributed by atoms with Crippen LogP contribution in [0, 0.1) is 11.8 Å². The standard InChI is InChI=1S/C19H35N3O2/c1-15-8-6-9-16(2)19(15)21-14-17(23)20-11-7-13-22-12-5-3-4-10-18(22)24/h15-16,19,21H,3-14H2,1-2H3,(H,20,23)/t15-,16+,19?. The summed E-state index contributed by atoms with van der Waals surface area (Å²) in [7, 11) is 0. The highest BCUT2D eigenvalue weighted by Gasteiger charge is 2.27. The van der Waals surface area contributed by atoms with Gasteiger partial charge in [-0.25, -0.2) is 0 Å². The molecular formula is C19H35N3O2. The maximum Gasteiger partial charge on any atom is 0.233 e. The van der Waals surface area contributed by atoms with Crippen LogP contribution in [0.15, 0.2) is 0 Å². The Morgan fingerprint density at radius 2 is 1.88 bits per heavy atom. The summed E-state index contributed by atoms with van der Waals surface area (Å²) in [6, 6.07) is 0.458. The van der Waals surface area contributed by atoms with Crippen molar-refractivity contribution in [2.24, 2.45) is 11.8 Å². The minimum absolute atomic E-state index is 0.0715. The zero-order chi connectivity index (χ0) is 17.4. The zero-order valence-electron chi connectivity index (χ0n) is 15.5. The maximum absolute atomic E-state index is 12.0. The molecule has 2 rings (SSSR count). The Bertz CT molecular complexity index is 403. The monoisotopic (exact) mass is 337 g/mol. The Morgan fingerprint density at radius 1 is 1.12 bits per heavy atom. The third-order valence-corrected chi connectivity index (χ3v) is 5.64. The molecule has 2 aliphatic rings. The molecule has 3 atom stereocenters. The third kappa shape index (κ3) is 6.08. The average Bonchev–Trinajstić information content (AvgIpc) is 2.75. The van der Waals surface area contributed by atoms with E-state index in [1.807, 2.05) is 4.90 Å². The van der Waals surface area contributed by atoms with E-state index < -0.39 is 0 Å². The number of nitrogens with zero attached hydrogens (tertiary/aromatic N) is 1. The van der Waals surface area contributed by atoms with Gasteiger partial charge in [0.2, 0.25) is 11.8 Å². The fraction of sp³-hybridized carbons (Fsp3) is 0.895. The van der Waals surface area contributed by atoms with Crippen LogP contribution < -0.4 is 10.6 Å². The minimum Gasteiger partial charge on any atom is -0.355 e. The molecule has 24 heavy (non-hydrogen) atoms. The molecule has 2 N–H and O–H groups in total. The number of carbonyl (C=O) groups excluding carboxylic acids is 2. The van der Waals surface area contributed by atoms with Crippen molar-refractivity contribution in [3.8, 4) is 0 Å². The van der Waals surface area contributed by atoms with E-state index in [1.54, 1.807) is 0 Å². The molecule has 0 spiro atoms. The van der Waals surface area contributed by atoms with Gasteiger partial charge in [0.05, 0.1) is 6.54 Å². The molecule has 2 amide bonds. The summed E-state index contributed by atoms with van der Waals surface area (Å²) in [6.45, 7) is 7.27. The second-order valence-electron chi connectivity index (χ2n) is 7.69. The van der Waals surface area contributed by atoms with Crippen LogP contribution in [-0.4, -0.2) is 48.9 Å². The predicted molar refractivity (Wildman–Crippen MR) is 96.6 cm³/mol. The van der Waals surface area contributed by atoms with E-state index in [9.17, 15) is 9.59 Å². The summed E-state index contributed by atoms with van der Waals surface area (Å²) in [5, 5.41) is 6.43. The van der Waals surface area contributed by atoms with Crippen LogP contribution in [0.5, 0.6) is 0 Å². The summed E-state index contributed by atoms with van der Waals surface area (Å²) < 4.78 is 0. The van der Waals surface area contributed by atoms with E-state index in [0.29, 0.717) is 37.4 Å². The van der Waals surface area contributed by atoms with Crippen molar-refractivity contribution >= 4 is 11.8 Å². The molecule has 0 aromatic carbocycles. The smallest absolute Gasteiger partial charge is 0.233 e. The quantitative estimate of drug-likeness (QED) is 0.701. The van der Waals surface area contributed by atoms with Crippen LogP contribution in [0.3, 0.4) is 0 Å². The van der Waals surface area contributed by atoms with Crippen molar-refractivity contribution in [3.05, 3.63) is 0 Å². The Morgan fingerprint density at radius 3 is 2.62 bits per heavy atom. The molecule has 1 aliphatic carbocycles. The normalized spacial score (nSPS) is 28.5. The van der Waals surface area contributed by atoms with E-state index >= 15 is 0 Å². The van der Waals surface area contributed by atoms with Gasteiger partial charge in [0.25, 0.3) is 0 Å². The van der Waals surface area contributed by atoms with Crippen molar-refractivity contribution in [1.82, 2.24) is 15.5 Å². The van der Waals surface area contributed by atoms with Crippen LogP contribution in [-0.2, 0) is 9.59 Å². The van der Waals surface area contributed by atoms with E-state index in [0.717, 1.165) is 38.8 Å². The molecule has 2 fully saturated rings. The van der Waals surface area contributed by atoms with Crippen LogP contribution in [0.2, 0.25) is 0 Å². The van der Waals surface area contributed by atoms with Gasteiger partial charge in [-0.15, -0.1) is 0 Å². The van der Waals surface area contributed by atoms with E-state index in [1.165, 1.54) is 19.3 Å².